The highest BCUT2D eigenvalue weighted by atomic mass is 35.5. The van der Waals surface area contributed by atoms with Crippen LogP contribution in [0.3, 0.4) is 0 Å². The van der Waals surface area contributed by atoms with Crippen molar-refractivity contribution in [3.8, 4) is 34.4 Å². The van der Waals surface area contributed by atoms with Crippen LogP contribution in [0.5, 0.6) is 17.2 Å². The van der Waals surface area contributed by atoms with Crippen LogP contribution in [0, 0.1) is 25.2 Å². The van der Waals surface area contributed by atoms with Crippen molar-refractivity contribution in [1.29, 1.82) is 5.26 Å². The maximum absolute atomic E-state index is 9.34. The second-order valence-corrected chi connectivity index (χ2v) is 14.6. The number of nitrogens with two attached hydrogens (primary N) is 1. The number of hydrogen-bond acceptors (Lipinski definition) is 10. The Morgan fingerprint density at radius 3 is 2.44 bits per heavy atom. The first kappa shape index (κ1) is 37.1. The van der Waals surface area contributed by atoms with Gasteiger partial charge in [0.15, 0.2) is 5.13 Å². The number of hydrogen-bond donors (Lipinski definition) is 1. The Bertz CT molecular complexity index is 2020. The highest BCUT2D eigenvalue weighted by Gasteiger charge is 2.17. The van der Waals surface area contributed by atoms with Crippen molar-refractivity contribution >= 4 is 28.1 Å². The van der Waals surface area contributed by atoms with Crippen LogP contribution in [0.25, 0.3) is 11.1 Å². The zero-order chi connectivity index (χ0) is 36.5. The number of ether oxygens (including phenoxy) is 3. The third kappa shape index (κ3) is 9.60. The molecule has 3 heterocycles. The predicted octanol–water partition coefficient (Wildman–Crippen LogP) is 8.58. The number of rotatable bonds is 16. The smallest absolute Gasteiger partial charge is 0.180 e. The fourth-order valence-electron chi connectivity index (χ4n) is 6.58. The van der Waals surface area contributed by atoms with E-state index in [9.17, 15) is 5.26 Å². The van der Waals surface area contributed by atoms with Gasteiger partial charge in [0, 0.05) is 54.6 Å². The molecule has 0 amide bonds. The zero-order valence-electron chi connectivity index (χ0n) is 30.0. The number of benzene rings is 3. The van der Waals surface area contributed by atoms with Crippen molar-refractivity contribution in [3.63, 3.8) is 0 Å². The van der Waals surface area contributed by atoms with Crippen LogP contribution in [-0.2, 0) is 26.3 Å². The molecule has 0 atom stereocenters. The molecule has 2 aromatic heterocycles. The van der Waals surface area contributed by atoms with Crippen molar-refractivity contribution in [2.24, 2.45) is 0 Å². The van der Waals surface area contributed by atoms with Crippen LogP contribution >= 0.6 is 22.9 Å². The van der Waals surface area contributed by atoms with Crippen molar-refractivity contribution in [1.82, 2.24) is 19.8 Å². The van der Waals surface area contributed by atoms with Gasteiger partial charge in [-0.2, -0.15) is 5.26 Å². The Hall–Kier alpha value is -4.66. The minimum atomic E-state index is 0.227. The summed E-state index contributed by atoms with van der Waals surface area (Å²) in [4.78, 5) is 13.2. The molecule has 3 aromatic carbocycles. The molecule has 0 unspecified atom stereocenters. The molecule has 0 aliphatic carbocycles. The summed E-state index contributed by atoms with van der Waals surface area (Å²) in [6.07, 6.45) is 6.87. The van der Waals surface area contributed by atoms with Crippen LogP contribution in [0.15, 0.2) is 72.4 Å². The largest absolute Gasteiger partial charge is 0.493 e. The average Bonchev–Trinajstić information content (AvgIpc) is 3.82. The van der Waals surface area contributed by atoms with Crippen LogP contribution in [0.2, 0.25) is 5.02 Å². The van der Waals surface area contributed by atoms with Crippen molar-refractivity contribution in [2.75, 3.05) is 39.0 Å². The van der Waals surface area contributed by atoms with E-state index in [1.807, 2.05) is 24.6 Å². The summed E-state index contributed by atoms with van der Waals surface area (Å²) in [7, 11) is 2.01. The first-order valence-electron chi connectivity index (χ1n) is 17.6. The topological polar surface area (TPSA) is 110 Å². The molecular formula is C41H45ClN6O3S. The molecule has 1 saturated heterocycles. The molecule has 5 aromatic rings. The van der Waals surface area contributed by atoms with Crippen molar-refractivity contribution in [2.45, 2.75) is 59.4 Å². The van der Waals surface area contributed by atoms with Crippen LogP contribution in [0.4, 0.5) is 5.13 Å². The van der Waals surface area contributed by atoms with E-state index in [0.29, 0.717) is 53.5 Å². The van der Waals surface area contributed by atoms with E-state index in [1.165, 1.54) is 43.5 Å². The SMILES string of the molecule is Cc1c(COc2cc(OCc3cncc(C#N)c3)c(CN(C)Cc3csc(N)n3)cc2Cl)cccc1-c1cccc(OCCCN2CCCC2)c1C. The Morgan fingerprint density at radius 2 is 1.67 bits per heavy atom. The van der Waals surface area contributed by atoms with Gasteiger partial charge in [0.2, 0.25) is 0 Å². The highest BCUT2D eigenvalue weighted by molar-refractivity contribution is 7.13. The van der Waals surface area contributed by atoms with Gasteiger partial charge in [-0.05, 0) is 99.3 Å². The van der Waals surface area contributed by atoms with Crippen LogP contribution < -0.4 is 19.9 Å². The van der Waals surface area contributed by atoms with Gasteiger partial charge < -0.3 is 24.8 Å². The standard InChI is InChI=1S/C41H45ClN6O3S/c1-28-32(9-6-10-35(28)36-11-7-12-38(29(36)2)49-16-8-15-48-13-4-5-14-48)26-51-40-19-39(50-25-31-17-30(20-43)21-45-22-31)33(18-37(40)42)23-47(3)24-34-27-52-41(44)46-34/h6-7,9-12,17-19,21-22,27H,4-5,8,13-16,23-26H2,1-3H3,(H2,44,46). The van der Waals surface area contributed by atoms with E-state index >= 15 is 0 Å². The van der Waals surface area contributed by atoms with Gasteiger partial charge in [-0.1, -0.05) is 41.9 Å². The molecule has 0 bridgehead atoms. The van der Waals surface area contributed by atoms with E-state index in [1.54, 1.807) is 12.3 Å². The summed E-state index contributed by atoms with van der Waals surface area (Å²) < 4.78 is 19.0. The first-order valence-corrected chi connectivity index (χ1v) is 18.9. The number of aromatic nitrogens is 2. The summed E-state index contributed by atoms with van der Waals surface area (Å²) in [5.74, 6) is 2.07. The fraction of sp³-hybridized carbons (Fsp3) is 0.341. The first-order chi connectivity index (χ1) is 25.3. The quantitative estimate of drug-likeness (QED) is 0.0997. The van der Waals surface area contributed by atoms with Gasteiger partial charge in [-0.3, -0.25) is 9.88 Å². The molecule has 2 N–H and O–H groups in total. The van der Waals surface area contributed by atoms with Crippen molar-refractivity contribution in [3.05, 3.63) is 116 Å². The van der Waals surface area contributed by atoms with Crippen LogP contribution in [-0.4, -0.2) is 53.1 Å². The number of nitrogens with zero attached hydrogens (tertiary/aromatic N) is 5. The van der Waals surface area contributed by atoms with E-state index in [2.05, 4.69) is 76.1 Å². The molecule has 1 fully saturated rings. The summed E-state index contributed by atoms with van der Waals surface area (Å²) in [6, 6.07) is 20.2. The summed E-state index contributed by atoms with van der Waals surface area (Å²) in [5, 5.41) is 12.3. The highest BCUT2D eigenvalue weighted by Crippen LogP contribution is 2.37. The number of likely N-dealkylation sites (tertiary alicyclic amines) is 1. The Kier molecular flexibility index (Phi) is 12.6. The third-order valence-corrected chi connectivity index (χ3v) is 10.4. The summed E-state index contributed by atoms with van der Waals surface area (Å²) in [6.45, 7) is 10.2. The minimum Gasteiger partial charge on any atom is -0.493 e. The molecular weight excluding hydrogens is 692 g/mol. The number of nitrogen functional groups attached to an aromatic ring is 1. The number of thiazole rings is 1. The lowest BCUT2D eigenvalue weighted by Crippen LogP contribution is -2.22. The molecule has 9 nitrogen and oxygen atoms in total. The van der Waals surface area contributed by atoms with Gasteiger partial charge in [0.05, 0.1) is 22.9 Å². The van der Waals surface area contributed by atoms with E-state index in [-0.39, 0.29) is 6.61 Å². The summed E-state index contributed by atoms with van der Waals surface area (Å²) >= 11 is 8.30. The Labute approximate surface area is 315 Å². The lowest BCUT2D eigenvalue weighted by molar-refractivity contribution is 0.262. The maximum Gasteiger partial charge on any atom is 0.180 e. The van der Waals surface area contributed by atoms with Gasteiger partial charge in [0.25, 0.3) is 0 Å². The van der Waals surface area contributed by atoms with Crippen molar-refractivity contribution < 1.29 is 14.2 Å². The molecule has 1 aliphatic heterocycles. The lowest BCUT2D eigenvalue weighted by atomic mass is 9.93. The number of anilines is 1. The minimum absolute atomic E-state index is 0.227. The normalized spacial score (nSPS) is 13.0. The molecule has 0 spiro atoms. The number of nitriles is 1. The van der Waals surface area contributed by atoms with E-state index in [4.69, 9.17) is 31.5 Å². The maximum atomic E-state index is 9.34. The molecule has 11 heteroatoms. The molecule has 0 saturated carbocycles. The second kappa shape index (κ2) is 17.7. The Balaban J connectivity index is 1.18. The molecule has 52 heavy (non-hydrogen) atoms. The van der Waals surface area contributed by atoms with Gasteiger partial charge in [0.1, 0.15) is 36.5 Å². The van der Waals surface area contributed by atoms with Gasteiger partial charge in [-0.25, -0.2) is 4.98 Å². The number of pyridine rings is 1. The molecule has 0 radical (unpaired) electrons. The average molecular weight is 737 g/mol. The Morgan fingerprint density at radius 1 is 0.904 bits per heavy atom. The molecule has 270 valence electrons. The fourth-order valence-corrected chi connectivity index (χ4v) is 7.37. The lowest BCUT2D eigenvalue weighted by Gasteiger charge is -2.20. The monoisotopic (exact) mass is 736 g/mol. The van der Waals surface area contributed by atoms with Crippen LogP contribution in [0.1, 0.15) is 58.3 Å². The van der Waals surface area contributed by atoms with E-state index < -0.39 is 0 Å². The molecule has 1 aliphatic rings. The third-order valence-electron chi connectivity index (χ3n) is 9.35. The predicted molar refractivity (Wildman–Crippen MR) is 208 cm³/mol. The second-order valence-electron chi connectivity index (χ2n) is 13.3. The van der Waals surface area contributed by atoms with Gasteiger partial charge in [-0.15, -0.1) is 11.3 Å². The summed E-state index contributed by atoms with van der Waals surface area (Å²) in [5.41, 5.74) is 14.5. The van der Waals surface area contributed by atoms with Gasteiger partial charge >= 0.3 is 0 Å². The zero-order valence-corrected chi connectivity index (χ0v) is 31.6. The van der Waals surface area contributed by atoms with E-state index in [0.717, 1.165) is 63.4 Å². The molecule has 6 rings (SSSR count). The number of halogens is 1.